The molecule has 0 fully saturated rings. The summed E-state index contributed by atoms with van der Waals surface area (Å²) in [6, 6.07) is 6.47. The molecule has 0 spiro atoms. The Labute approximate surface area is 100 Å². The average Bonchev–Trinajstić information content (AvgIpc) is 2.28. The highest BCUT2D eigenvalue weighted by molar-refractivity contribution is 9.10. The van der Waals surface area contributed by atoms with Crippen LogP contribution in [0.15, 0.2) is 47.1 Å². The Bertz CT molecular complexity index is 650. The van der Waals surface area contributed by atoms with Crippen LogP contribution >= 0.6 is 15.9 Å². The summed E-state index contributed by atoms with van der Waals surface area (Å²) in [6.45, 7) is -2.60. The van der Waals surface area contributed by atoms with Gasteiger partial charge in [-0.25, -0.2) is 0 Å². The van der Waals surface area contributed by atoms with Crippen LogP contribution in [0, 0.1) is 6.85 Å². The fraction of sp³-hybridized carbons (Fsp3) is 0.0833. The average molecular weight is 254 g/mol. The molecular weight excluding hydrogens is 238 g/mol. The zero-order chi connectivity index (χ0) is 15.1. The molecule has 0 amide bonds. The van der Waals surface area contributed by atoms with Gasteiger partial charge in [0, 0.05) is 26.5 Å². The maximum atomic E-state index is 8.02. The van der Waals surface area contributed by atoms with Crippen molar-refractivity contribution in [2.24, 2.45) is 0 Å². The number of hydrogen-bond donors (Lipinski definition) is 0. The SMILES string of the molecule is [2H]c1nc([2H])c(C([2H])([2H])[2H])c([2H])c1-c1ccc(Br)cc1. The Hall–Kier alpha value is -1.15. The summed E-state index contributed by atoms with van der Waals surface area (Å²) in [6.07, 6.45) is -0.809. The van der Waals surface area contributed by atoms with E-state index in [-0.39, 0.29) is 17.8 Å². The Morgan fingerprint density at radius 2 is 2.00 bits per heavy atom. The molecule has 0 bridgehead atoms. The third-order valence-electron chi connectivity index (χ3n) is 1.72. The van der Waals surface area contributed by atoms with E-state index >= 15 is 0 Å². The first-order valence-electron chi connectivity index (χ1n) is 6.96. The van der Waals surface area contributed by atoms with Crippen molar-refractivity contribution in [3.05, 3.63) is 52.7 Å². The molecule has 0 radical (unpaired) electrons. The summed E-state index contributed by atoms with van der Waals surface area (Å²) < 4.78 is 46.4. The van der Waals surface area contributed by atoms with Crippen molar-refractivity contribution in [3.8, 4) is 11.1 Å². The van der Waals surface area contributed by atoms with Crippen LogP contribution in [0.4, 0.5) is 0 Å². The number of hydrogen-bond acceptors (Lipinski definition) is 1. The second-order valence-electron chi connectivity index (χ2n) is 2.72. The molecule has 0 saturated heterocycles. The van der Waals surface area contributed by atoms with Crippen molar-refractivity contribution in [2.75, 3.05) is 0 Å². The zero-order valence-corrected chi connectivity index (χ0v) is 8.72. The fourth-order valence-electron chi connectivity index (χ4n) is 1.07. The van der Waals surface area contributed by atoms with E-state index in [0.717, 1.165) is 4.47 Å². The number of halogens is 1. The Balaban J connectivity index is 2.74. The number of aromatic nitrogens is 1. The van der Waals surface area contributed by atoms with Gasteiger partial charge in [0.1, 0.15) is 0 Å². The van der Waals surface area contributed by atoms with E-state index in [0.29, 0.717) is 5.56 Å². The lowest BCUT2D eigenvalue weighted by Gasteiger charge is -2.01. The normalized spacial score (nSPS) is 17.2. The summed E-state index contributed by atoms with van der Waals surface area (Å²) in [7, 11) is 0. The van der Waals surface area contributed by atoms with Crippen molar-refractivity contribution in [2.45, 2.75) is 6.85 Å². The smallest absolute Gasteiger partial charge is 0.0847 e. The minimum Gasteiger partial charge on any atom is -0.264 e. The lowest BCUT2D eigenvalue weighted by molar-refractivity contribution is 1.27. The molecule has 0 aliphatic rings. The van der Waals surface area contributed by atoms with Crippen LogP contribution in [0.1, 0.15) is 13.8 Å². The maximum absolute atomic E-state index is 8.02. The second kappa shape index (κ2) is 3.93. The van der Waals surface area contributed by atoms with Crippen LogP contribution in [0.3, 0.4) is 0 Å². The molecule has 0 atom stereocenters. The molecule has 0 N–H and O–H groups in total. The van der Waals surface area contributed by atoms with Crippen LogP contribution in [-0.2, 0) is 0 Å². The number of nitrogens with zero attached hydrogens (tertiary/aromatic N) is 1. The molecule has 1 aromatic carbocycles. The van der Waals surface area contributed by atoms with E-state index in [9.17, 15) is 0 Å². The van der Waals surface area contributed by atoms with Gasteiger partial charge in [0.25, 0.3) is 0 Å². The van der Waals surface area contributed by atoms with Gasteiger partial charge in [-0.2, -0.15) is 0 Å². The Morgan fingerprint density at radius 1 is 1.21 bits per heavy atom. The summed E-state index contributed by atoms with van der Waals surface area (Å²) >= 11 is 3.28. The Kier molecular flexibility index (Phi) is 1.28. The van der Waals surface area contributed by atoms with Crippen LogP contribution < -0.4 is 0 Å². The molecule has 70 valence electrons. The van der Waals surface area contributed by atoms with Gasteiger partial charge in [0.15, 0.2) is 0 Å². The molecule has 0 aliphatic heterocycles. The first kappa shape index (κ1) is 4.58. The predicted molar refractivity (Wildman–Crippen MR) is 62.1 cm³/mol. The molecule has 0 unspecified atom stereocenters. The van der Waals surface area contributed by atoms with Crippen molar-refractivity contribution in [3.63, 3.8) is 0 Å². The first-order chi connectivity index (χ1) is 9.21. The second-order valence-corrected chi connectivity index (χ2v) is 3.63. The molecule has 14 heavy (non-hydrogen) atoms. The molecule has 1 aromatic heterocycles. The highest BCUT2D eigenvalue weighted by atomic mass is 79.9. The van der Waals surface area contributed by atoms with E-state index < -0.39 is 18.6 Å². The van der Waals surface area contributed by atoms with E-state index in [1.807, 2.05) is 0 Å². The summed E-state index contributed by atoms with van der Waals surface area (Å²) in [5.41, 5.74) is 0.229. The number of pyridine rings is 1. The summed E-state index contributed by atoms with van der Waals surface area (Å²) in [5, 5.41) is 0. The third-order valence-corrected chi connectivity index (χ3v) is 2.25. The predicted octanol–water partition coefficient (Wildman–Crippen LogP) is 3.82. The molecule has 0 aliphatic carbocycles. The molecule has 2 aromatic rings. The van der Waals surface area contributed by atoms with Crippen LogP contribution in [0.5, 0.6) is 0 Å². The largest absolute Gasteiger partial charge is 0.264 e. The van der Waals surface area contributed by atoms with Crippen molar-refractivity contribution >= 4 is 15.9 Å². The van der Waals surface area contributed by atoms with Crippen LogP contribution in [-0.4, -0.2) is 4.98 Å². The van der Waals surface area contributed by atoms with Gasteiger partial charge in [-0.15, -0.1) is 0 Å². The lowest BCUT2D eigenvalue weighted by Crippen LogP contribution is -1.81. The topological polar surface area (TPSA) is 12.9 Å². The standard InChI is InChI=1S/C12H10BrN/c1-9-6-11(8-14-7-9)10-2-4-12(13)5-3-10/h2-8H,1H3/i1D3,6D,7D,8D. The van der Waals surface area contributed by atoms with E-state index in [1.165, 1.54) is 0 Å². The van der Waals surface area contributed by atoms with Gasteiger partial charge < -0.3 is 0 Å². The van der Waals surface area contributed by atoms with Gasteiger partial charge >= 0.3 is 0 Å². The Morgan fingerprint density at radius 3 is 2.71 bits per heavy atom. The van der Waals surface area contributed by atoms with Gasteiger partial charge in [-0.1, -0.05) is 28.1 Å². The molecule has 0 saturated carbocycles. The highest BCUT2D eigenvalue weighted by Gasteiger charge is 1.97. The first-order valence-corrected chi connectivity index (χ1v) is 4.75. The van der Waals surface area contributed by atoms with Crippen LogP contribution in [0.2, 0.25) is 0 Å². The molecule has 1 nitrogen and oxygen atoms in total. The van der Waals surface area contributed by atoms with Gasteiger partial charge in [-0.3, -0.25) is 4.98 Å². The third kappa shape index (κ3) is 2.02. The van der Waals surface area contributed by atoms with E-state index in [1.54, 1.807) is 24.3 Å². The van der Waals surface area contributed by atoms with Gasteiger partial charge in [0.2, 0.25) is 0 Å². The number of benzene rings is 1. The quantitative estimate of drug-likeness (QED) is 0.753. The molecular formula is C12H10BrN. The molecule has 2 rings (SSSR count). The highest BCUT2D eigenvalue weighted by Crippen LogP contribution is 2.21. The van der Waals surface area contributed by atoms with E-state index in [2.05, 4.69) is 20.9 Å². The maximum Gasteiger partial charge on any atom is 0.0847 e. The van der Waals surface area contributed by atoms with Crippen molar-refractivity contribution < 1.29 is 8.22 Å². The molecule has 2 heteroatoms. The van der Waals surface area contributed by atoms with Crippen molar-refractivity contribution in [1.82, 2.24) is 4.98 Å². The fourth-order valence-corrected chi connectivity index (χ4v) is 1.34. The minimum absolute atomic E-state index is 0.125. The van der Waals surface area contributed by atoms with Gasteiger partial charge in [0.05, 0.1) is 4.11 Å². The summed E-state index contributed by atoms with van der Waals surface area (Å²) in [5.74, 6) is 0. The summed E-state index contributed by atoms with van der Waals surface area (Å²) in [4.78, 5) is 3.64. The minimum atomic E-state index is -2.60. The zero-order valence-electron chi connectivity index (χ0n) is 13.1. The number of rotatable bonds is 1. The molecule has 1 heterocycles. The van der Waals surface area contributed by atoms with Gasteiger partial charge in [-0.05, 0) is 36.2 Å². The van der Waals surface area contributed by atoms with Crippen LogP contribution in [0.25, 0.3) is 11.1 Å². The monoisotopic (exact) mass is 253 g/mol. The lowest BCUT2D eigenvalue weighted by atomic mass is 10.1. The van der Waals surface area contributed by atoms with Crippen molar-refractivity contribution in [1.29, 1.82) is 0 Å². The van der Waals surface area contributed by atoms with E-state index in [4.69, 9.17) is 8.22 Å².